The molecule has 0 aliphatic carbocycles. The molecule has 5 nitrogen and oxygen atoms in total. The van der Waals surface area contributed by atoms with Crippen LogP contribution >= 0.6 is 0 Å². The largest absolute Gasteiger partial charge is 0.478 e. The zero-order valence-electron chi connectivity index (χ0n) is 8.66. The summed E-state index contributed by atoms with van der Waals surface area (Å²) in [6, 6.07) is 1.22. The Bertz CT molecular complexity index is 395. The van der Waals surface area contributed by atoms with Crippen molar-refractivity contribution in [1.82, 2.24) is 10.2 Å². The molecule has 94 valence electrons. The van der Waals surface area contributed by atoms with E-state index in [9.17, 15) is 18.0 Å². The molecule has 0 aliphatic rings. The van der Waals surface area contributed by atoms with Gasteiger partial charge in [-0.1, -0.05) is 0 Å². The molecule has 0 aromatic carbocycles. The minimum absolute atomic E-state index is 0.0154. The van der Waals surface area contributed by atoms with Crippen LogP contribution in [0.3, 0.4) is 0 Å². The predicted molar refractivity (Wildman–Crippen MR) is 52.8 cm³/mol. The Balaban J connectivity index is 2.49. The van der Waals surface area contributed by atoms with Crippen LogP contribution in [0.5, 0.6) is 0 Å². The molecule has 1 aromatic heterocycles. The summed E-state index contributed by atoms with van der Waals surface area (Å²) in [6.45, 7) is -0.0154. The number of carboxylic acids is 1. The van der Waals surface area contributed by atoms with E-state index in [0.29, 0.717) is 0 Å². The van der Waals surface area contributed by atoms with E-state index >= 15 is 0 Å². The molecule has 1 rings (SSSR count). The molecule has 0 radical (unpaired) electrons. The number of aromatic nitrogens is 2. The van der Waals surface area contributed by atoms with Gasteiger partial charge in [0.1, 0.15) is 5.56 Å². The minimum atomic E-state index is -4.21. The molecular formula is C9H10F3N3O2. The standard InChI is InChI=1S/C9H10F3N3O2/c10-9(11,12)3-1-4-13-7-6(8(16)17)2-5-14-15-7/h2,5H,1,3-4H2,(H,13,15)(H,16,17). The van der Waals surface area contributed by atoms with Crippen LogP contribution in [0.2, 0.25) is 0 Å². The number of halogens is 3. The van der Waals surface area contributed by atoms with Gasteiger partial charge >= 0.3 is 12.1 Å². The number of rotatable bonds is 5. The van der Waals surface area contributed by atoms with Crippen molar-refractivity contribution in [2.45, 2.75) is 19.0 Å². The summed E-state index contributed by atoms with van der Waals surface area (Å²) in [5, 5.41) is 18.2. The highest BCUT2D eigenvalue weighted by Gasteiger charge is 2.26. The average molecular weight is 249 g/mol. The van der Waals surface area contributed by atoms with E-state index in [-0.39, 0.29) is 24.3 Å². The average Bonchev–Trinajstić information content (AvgIpc) is 2.23. The van der Waals surface area contributed by atoms with Gasteiger partial charge in [-0.15, -0.1) is 5.10 Å². The van der Waals surface area contributed by atoms with Crippen molar-refractivity contribution in [1.29, 1.82) is 0 Å². The van der Waals surface area contributed by atoms with Crippen LogP contribution in [0.1, 0.15) is 23.2 Å². The number of anilines is 1. The van der Waals surface area contributed by atoms with Crippen molar-refractivity contribution < 1.29 is 23.1 Å². The maximum Gasteiger partial charge on any atom is 0.389 e. The molecule has 1 aromatic rings. The minimum Gasteiger partial charge on any atom is -0.478 e. The smallest absolute Gasteiger partial charge is 0.389 e. The van der Waals surface area contributed by atoms with Crippen molar-refractivity contribution in [2.75, 3.05) is 11.9 Å². The number of carboxylic acid groups (broad SMARTS) is 1. The van der Waals surface area contributed by atoms with Gasteiger partial charge in [-0.3, -0.25) is 0 Å². The Morgan fingerprint density at radius 1 is 1.47 bits per heavy atom. The molecule has 0 aliphatic heterocycles. The van der Waals surface area contributed by atoms with Gasteiger partial charge < -0.3 is 10.4 Å². The number of carbonyl (C=O) groups is 1. The second-order valence-corrected chi connectivity index (χ2v) is 3.24. The summed E-state index contributed by atoms with van der Waals surface area (Å²) in [5.74, 6) is -1.24. The molecule has 0 fully saturated rings. The summed E-state index contributed by atoms with van der Waals surface area (Å²) >= 11 is 0. The van der Waals surface area contributed by atoms with E-state index in [1.807, 2.05) is 0 Å². The lowest BCUT2D eigenvalue weighted by molar-refractivity contribution is -0.134. The fourth-order valence-electron chi connectivity index (χ4n) is 1.13. The highest BCUT2D eigenvalue weighted by Crippen LogP contribution is 2.21. The molecule has 1 heterocycles. The maximum absolute atomic E-state index is 11.8. The monoisotopic (exact) mass is 249 g/mol. The number of hydrogen-bond acceptors (Lipinski definition) is 4. The third-order valence-corrected chi connectivity index (χ3v) is 1.88. The second-order valence-electron chi connectivity index (χ2n) is 3.24. The van der Waals surface area contributed by atoms with Gasteiger partial charge in [-0.2, -0.15) is 18.3 Å². The first-order valence-electron chi connectivity index (χ1n) is 4.76. The van der Waals surface area contributed by atoms with E-state index in [1.54, 1.807) is 0 Å². The van der Waals surface area contributed by atoms with Gasteiger partial charge in [0, 0.05) is 13.0 Å². The Kier molecular flexibility index (Phi) is 4.24. The van der Waals surface area contributed by atoms with Crippen LogP contribution in [0.15, 0.2) is 12.3 Å². The Morgan fingerprint density at radius 2 is 2.18 bits per heavy atom. The van der Waals surface area contributed by atoms with Crippen LogP contribution < -0.4 is 5.32 Å². The van der Waals surface area contributed by atoms with Crippen LogP contribution in [0.25, 0.3) is 0 Å². The van der Waals surface area contributed by atoms with Crippen LogP contribution in [0.4, 0.5) is 19.0 Å². The summed E-state index contributed by atoms with van der Waals surface area (Å²) in [6.07, 6.45) is -4.09. The van der Waals surface area contributed by atoms with Crippen LogP contribution in [0, 0.1) is 0 Å². The quantitative estimate of drug-likeness (QED) is 0.780. The van der Waals surface area contributed by atoms with Gasteiger partial charge in [-0.05, 0) is 12.5 Å². The van der Waals surface area contributed by atoms with Crippen molar-refractivity contribution in [3.05, 3.63) is 17.8 Å². The topological polar surface area (TPSA) is 75.1 Å². The maximum atomic E-state index is 11.8. The molecule has 0 spiro atoms. The fraction of sp³-hybridized carbons (Fsp3) is 0.444. The van der Waals surface area contributed by atoms with E-state index < -0.39 is 18.6 Å². The van der Waals surface area contributed by atoms with Crippen LogP contribution in [-0.2, 0) is 0 Å². The SMILES string of the molecule is O=C(O)c1ccnnc1NCCCC(F)(F)F. The highest BCUT2D eigenvalue weighted by atomic mass is 19.4. The fourth-order valence-corrected chi connectivity index (χ4v) is 1.13. The molecule has 2 N–H and O–H groups in total. The summed E-state index contributed by atoms with van der Waals surface area (Å²) in [5.41, 5.74) is -0.119. The van der Waals surface area contributed by atoms with Crippen molar-refractivity contribution in [2.24, 2.45) is 0 Å². The lowest BCUT2D eigenvalue weighted by Gasteiger charge is -2.08. The van der Waals surface area contributed by atoms with Gasteiger partial charge in [-0.25, -0.2) is 4.79 Å². The molecular weight excluding hydrogens is 239 g/mol. The molecule has 17 heavy (non-hydrogen) atoms. The summed E-state index contributed by atoms with van der Waals surface area (Å²) in [7, 11) is 0. The zero-order chi connectivity index (χ0) is 12.9. The molecule has 0 saturated carbocycles. The number of nitrogens with one attached hydrogen (secondary N) is 1. The lowest BCUT2D eigenvalue weighted by atomic mass is 10.2. The number of nitrogens with zero attached hydrogens (tertiary/aromatic N) is 2. The van der Waals surface area contributed by atoms with Gasteiger partial charge in [0.15, 0.2) is 5.82 Å². The van der Waals surface area contributed by atoms with Gasteiger partial charge in [0.05, 0.1) is 6.20 Å². The third kappa shape index (κ3) is 4.66. The molecule has 0 atom stereocenters. The number of alkyl halides is 3. The van der Waals surface area contributed by atoms with Crippen molar-refractivity contribution in [3.8, 4) is 0 Å². The predicted octanol–water partition coefficient (Wildman–Crippen LogP) is 1.93. The lowest BCUT2D eigenvalue weighted by Crippen LogP contribution is -2.13. The molecule has 0 unspecified atom stereocenters. The zero-order valence-corrected chi connectivity index (χ0v) is 8.66. The second kappa shape index (κ2) is 5.46. The van der Waals surface area contributed by atoms with Crippen LogP contribution in [-0.4, -0.2) is 34.0 Å². The molecule has 0 amide bonds. The van der Waals surface area contributed by atoms with E-state index in [0.717, 1.165) is 0 Å². The highest BCUT2D eigenvalue weighted by molar-refractivity contribution is 5.92. The summed E-state index contributed by atoms with van der Waals surface area (Å²) < 4.78 is 35.5. The molecule has 0 bridgehead atoms. The van der Waals surface area contributed by atoms with E-state index in [2.05, 4.69) is 15.5 Å². The van der Waals surface area contributed by atoms with E-state index in [4.69, 9.17) is 5.11 Å². The van der Waals surface area contributed by atoms with Crippen molar-refractivity contribution >= 4 is 11.8 Å². The number of aromatic carboxylic acids is 1. The Morgan fingerprint density at radius 3 is 2.76 bits per heavy atom. The first-order chi connectivity index (χ1) is 7.90. The first-order valence-corrected chi connectivity index (χ1v) is 4.76. The normalized spacial score (nSPS) is 11.2. The third-order valence-electron chi connectivity index (χ3n) is 1.88. The van der Waals surface area contributed by atoms with Crippen molar-refractivity contribution in [3.63, 3.8) is 0 Å². The number of hydrogen-bond donors (Lipinski definition) is 2. The summed E-state index contributed by atoms with van der Waals surface area (Å²) in [4.78, 5) is 10.7. The first kappa shape index (κ1) is 13.2. The Labute approximate surface area is 94.7 Å². The van der Waals surface area contributed by atoms with Gasteiger partial charge in [0.25, 0.3) is 0 Å². The molecule has 8 heteroatoms. The van der Waals surface area contributed by atoms with E-state index in [1.165, 1.54) is 12.3 Å². The van der Waals surface area contributed by atoms with Gasteiger partial charge in [0.2, 0.25) is 0 Å². The molecule has 0 saturated heterocycles. The Hall–Kier alpha value is -1.86.